The Balaban J connectivity index is 2.20. The van der Waals surface area contributed by atoms with E-state index in [1.54, 1.807) is 0 Å². The van der Waals surface area contributed by atoms with Gasteiger partial charge in [-0.15, -0.1) is 5.16 Å². The predicted octanol–water partition coefficient (Wildman–Crippen LogP) is 5.21. The summed E-state index contributed by atoms with van der Waals surface area (Å²) in [5.74, 6) is 0.805. The predicted molar refractivity (Wildman–Crippen MR) is 84.9 cm³/mol. The molecule has 0 amide bonds. The fourth-order valence-corrected chi connectivity index (χ4v) is 3.98. The van der Waals surface area contributed by atoms with E-state index in [0.29, 0.717) is 5.41 Å². The maximum atomic E-state index is 6.12. The van der Waals surface area contributed by atoms with Crippen molar-refractivity contribution >= 4 is 14.0 Å². The highest BCUT2D eigenvalue weighted by Crippen LogP contribution is 2.64. The molecule has 2 nitrogen and oxygen atoms in total. The van der Waals surface area contributed by atoms with Crippen LogP contribution in [0.25, 0.3) is 0 Å². The van der Waals surface area contributed by atoms with Crippen LogP contribution < -0.4 is 0 Å². The first-order chi connectivity index (χ1) is 8.42. The van der Waals surface area contributed by atoms with Gasteiger partial charge in [-0.1, -0.05) is 41.5 Å². The summed E-state index contributed by atoms with van der Waals surface area (Å²) < 4.78 is 6.12. The van der Waals surface area contributed by atoms with Crippen molar-refractivity contribution < 1.29 is 4.53 Å². The number of oxime groups is 1. The number of nitrogens with zero attached hydrogens (tertiary/aromatic N) is 1. The molecule has 2 aliphatic carbocycles. The molecule has 2 aliphatic rings. The summed E-state index contributed by atoms with van der Waals surface area (Å²) in [4.78, 5) is 0. The summed E-state index contributed by atoms with van der Waals surface area (Å²) in [7, 11) is -1.77. The Morgan fingerprint density at radius 2 is 1.79 bits per heavy atom. The topological polar surface area (TPSA) is 21.6 Å². The van der Waals surface area contributed by atoms with Crippen LogP contribution in [0.4, 0.5) is 0 Å². The van der Waals surface area contributed by atoms with Crippen LogP contribution in [-0.4, -0.2) is 14.0 Å². The third-order valence-electron chi connectivity index (χ3n) is 6.70. The van der Waals surface area contributed by atoms with E-state index in [1.807, 2.05) is 0 Å². The van der Waals surface area contributed by atoms with Crippen molar-refractivity contribution in [2.45, 2.75) is 78.9 Å². The van der Waals surface area contributed by atoms with Gasteiger partial charge in [0.15, 0.2) is 0 Å². The molecule has 3 heteroatoms. The summed E-state index contributed by atoms with van der Waals surface area (Å²) in [5.41, 5.74) is 1.99. The largest absolute Gasteiger partial charge is 0.455 e. The summed E-state index contributed by atoms with van der Waals surface area (Å²) in [5, 5.41) is 4.92. The molecule has 110 valence electrons. The number of rotatable bonds is 2. The second-order valence-corrected chi connectivity index (χ2v) is 13.6. The lowest BCUT2D eigenvalue weighted by Crippen LogP contribution is -2.40. The summed E-state index contributed by atoms with van der Waals surface area (Å²) in [6.45, 7) is 18.6. The molecule has 19 heavy (non-hydrogen) atoms. The molecule has 0 aliphatic heterocycles. The third-order valence-corrected chi connectivity index (χ3v) is 10.9. The van der Waals surface area contributed by atoms with Crippen LogP contribution in [0.1, 0.15) is 60.8 Å². The van der Waals surface area contributed by atoms with Gasteiger partial charge in [0, 0.05) is 5.41 Å². The maximum absolute atomic E-state index is 6.12. The van der Waals surface area contributed by atoms with Gasteiger partial charge < -0.3 is 4.53 Å². The molecule has 2 fully saturated rings. The molecule has 2 atom stereocenters. The number of hydrogen-bond acceptors (Lipinski definition) is 2. The molecular weight excluding hydrogens is 250 g/mol. The Morgan fingerprint density at radius 3 is 2.16 bits per heavy atom. The van der Waals surface area contributed by atoms with E-state index >= 15 is 0 Å². The molecule has 0 radical (unpaired) electrons. The Morgan fingerprint density at radius 1 is 1.21 bits per heavy atom. The van der Waals surface area contributed by atoms with Gasteiger partial charge in [-0.25, -0.2) is 0 Å². The molecule has 0 aromatic heterocycles. The normalized spacial score (nSPS) is 36.0. The van der Waals surface area contributed by atoms with Crippen molar-refractivity contribution in [2.24, 2.45) is 21.9 Å². The van der Waals surface area contributed by atoms with Gasteiger partial charge in [0.2, 0.25) is 0 Å². The summed E-state index contributed by atoms with van der Waals surface area (Å²) >= 11 is 0. The van der Waals surface area contributed by atoms with Crippen molar-refractivity contribution in [1.29, 1.82) is 0 Å². The SMILES string of the molecule is CC12CCC(C/C1=N/O[Si](C)(C)C(C)(C)C)C2(C)C. The Hall–Kier alpha value is -0.313. The van der Waals surface area contributed by atoms with Crippen LogP contribution in [0, 0.1) is 16.7 Å². The lowest BCUT2D eigenvalue weighted by Gasteiger charge is -2.36. The molecule has 0 spiro atoms. The molecule has 2 unspecified atom stereocenters. The number of fused-ring (bicyclic) bond motifs is 2. The second-order valence-electron chi connectivity index (χ2n) is 8.88. The van der Waals surface area contributed by atoms with Crippen LogP contribution in [0.15, 0.2) is 5.16 Å². The highest BCUT2D eigenvalue weighted by molar-refractivity contribution is 6.74. The minimum atomic E-state index is -1.77. The third kappa shape index (κ3) is 2.09. The smallest absolute Gasteiger partial charge is 0.286 e. The van der Waals surface area contributed by atoms with E-state index in [9.17, 15) is 0 Å². The number of hydrogen-bond donors (Lipinski definition) is 0. The van der Waals surface area contributed by atoms with Crippen LogP contribution >= 0.6 is 0 Å². The molecule has 0 aromatic carbocycles. The van der Waals surface area contributed by atoms with Gasteiger partial charge in [-0.05, 0) is 48.7 Å². The first-order valence-corrected chi connectivity index (χ1v) is 10.6. The van der Waals surface area contributed by atoms with Crippen LogP contribution in [0.5, 0.6) is 0 Å². The first-order valence-electron chi connectivity index (χ1n) is 7.67. The van der Waals surface area contributed by atoms with Crippen molar-refractivity contribution in [3.63, 3.8) is 0 Å². The Bertz CT molecular complexity index is 405. The lowest BCUT2D eigenvalue weighted by molar-refractivity contribution is 0.190. The molecule has 0 N–H and O–H groups in total. The molecule has 2 bridgehead atoms. The monoisotopic (exact) mass is 281 g/mol. The highest BCUT2D eigenvalue weighted by atomic mass is 28.4. The Kier molecular flexibility index (Phi) is 3.25. The van der Waals surface area contributed by atoms with Crippen molar-refractivity contribution in [1.82, 2.24) is 0 Å². The zero-order valence-corrected chi connectivity index (χ0v) is 15.1. The first kappa shape index (κ1) is 15.1. The van der Waals surface area contributed by atoms with Gasteiger partial charge in [0.1, 0.15) is 0 Å². The zero-order valence-electron chi connectivity index (χ0n) is 14.1. The average Bonchev–Trinajstić information content (AvgIpc) is 2.57. The van der Waals surface area contributed by atoms with Crippen molar-refractivity contribution in [3.8, 4) is 0 Å². The standard InChI is InChI=1S/C16H31NOSi/c1-14(2,3)19(7,8)18-17-13-11-12-9-10-16(13,6)15(12,4)5/h12H,9-11H2,1-8H3/b17-13-. The van der Waals surface area contributed by atoms with Crippen molar-refractivity contribution in [3.05, 3.63) is 0 Å². The van der Waals surface area contributed by atoms with Gasteiger partial charge in [0.05, 0.1) is 5.71 Å². The van der Waals surface area contributed by atoms with E-state index in [1.165, 1.54) is 18.6 Å². The van der Waals surface area contributed by atoms with E-state index in [2.05, 4.69) is 59.8 Å². The second kappa shape index (κ2) is 4.09. The minimum absolute atomic E-state index is 0.227. The Labute approximate surface area is 120 Å². The maximum Gasteiger partial charge on any atom is 0.286 e. The van der Waals surface area contributed by atoms with Crippen LogP contribution in [0.2, 0.25) is 18.1 Å². The van der Waals surface area contributed by atoms with E-state index in [-0.39, 0.29) is 10.5 Å². The van der Waals surface area contributed by atoms with E-state index < -0.39 is 8.32 Å². The average molecular weight is 282 g/mol. The van der Waals surface area contributed by atoms with Crippen LogP contribution in [0.3, 0.4) is 0 Å². The van der Waals surface area contributed by atoms with Gasteiger partial charge in [-0.2, -0.15) is 0 Å². The molecule has 2 rings (SSSR count). The fourth-order valence-electron chi connectivity index (χ4n) is 3.37. The molecule has 2 saturated carbocycles. The molecular formula is C16H31NOSi. The fraction of sp³-hybridized carbons (Fsp3) is 0.938. The lowest BCUT2D eigenvalue weighted by atomic mass is 9.70. The van der Waals surface area contributed by atoms with Crippen molar-refractivity contribution in [2.75, 3.05) is 0 Å². The summed E-state index contributed by atoms with van der Waals surface area (Å²) in [6.07, 6.45) is 3.80. The van der Waals surface area contributed by atoms with Gasteiger partial charge >= 0.3 is 0 Å². The molecule has 0 aromatic rings. The van der Waals surface area contributed by atoms with E-state index in [0.717, 1.165) is 12.3 Å². The minimum Gasteiger partial charge on any atom is -0.455 e. The summed E-state index contributed by atoms with van der Waals surface area (Å²) in [6, 6.07) is 0. The van der Waals surface area contributed by atoms with Gasteiger partial charge in [0.25, 0.3) is 8.32 Å². The quantitative estimate of drug-likeness (QED) is 0.503. The van der Waals surface area contributed by atoms with Crippen LogP contribution in [-0.2, 0) is 4.53 Å². The highest BCUT2D eigenvalue weighted by Gasteiger charge is 2.60. The molecule has 0 heterocycles. The van der Waals surface area contributed by atoms with Gasteiger partial charge in [-0.3, -0.25) is 0 Å². The van der Waals surface area contributed by atoms with E-state index in [4.69, 9.17) is 4.53 Å². The zero-order chi connectivity index (χ0) is 14.7. The molecule has 0 saturated heterocycles.